The van der Waals surface area contributed by atoms with Crippen molar-refractivity contribution in [2.24, 2.45) is 0 Å². The Hall–Kier alpha value is -2.97. The van der Waals surface area contributed by atoms with Gasteiger partial charge in [0.25, 0.3) is 5.91 Å². The van der Waals surface area contributed by atoms with Crippen molar-refractivity contribution < 1.29 is 13.2 Å². The summed E-state index contributed by atoms with van der Waals surface area (Å²) < 4.78 is 29.7. The molecule has 2 N–H and O–H groups in total. The number of carbonyl (C=O) groups excluding carboxylic acids is 1. The lowest BCUT2D eigenvalue weighted by atomic mass is 10.1. The zero-order valence-corrected chi connectivity index (χ0v) is 18.7. The van der Waals surface area contributed by atoms with Gasteiger partial charge in [0.1, 0.15) is 0 Å². The van der Waals surface area contributed by atoms with Crippen molar-refractivity contribution >= 4 is 21.6 Å². The molecule has 7 nitrogen and oxygen atoms in total. The molecule has 8 heteroatoms. The van der Waals surface area contributed by atoms with E-state index >= 15 is 0 Å². The maximum absolute atomic E-state index is 13.1. The molecule has 0 spiro atoms. The quantitative estimate of drug-likeness (QED) is 0.635. The number of fused-ring (bicyclic) bond motifs is 1. The molecule has 0 atom stereocenters. The maximum Gasteiger partial charge on any atom is 0.276 e. The lowest BCUT2D eigenvalue weighted by Gasteiger charge is -2.20. The van der Waals surface area contributed by atoms with Gasteiger partial charge in [-0.15, -0.1) is 0 Å². The van der Waals surface area contributed by atoms with Gasteiger partial charge in [-0.25, -0.2) is 17.8 Å². The van der Waals surface area contributed by atoms with Crippen molar-refractivity contribution in [2.75, 3.05) is 5.32 Å². The predicted molar refractivity (Wildman–Crippen MR) is 120 cm³/mol. The first kappa shape index (κ1) is 21.3. The van der Waals surface area contributed by atoms with Crippen molar-refractivity contribution in [3.8, 4) is 5.69 Å². The number of amides is 1. The number of benzene rings is 2. The molecule has 1 heterocycles. The number of anilines is 1. The van der Waals surface area contributed by atoms with E-state index in [-0.39, 0.29) is 10.8 Å². The Morgan fingerprint density at radius 1 is 1.03 bits per heavy atom. The topological polar surface area (TPSA) is 93.1 Å². The largest absolute Gasteiger partial charge is 0.321 e. The Morgan fingerprint density at radius 2 is 1.77 bits per heavy atom. The summed E-state index contributed by atoms with van der Waals surface area (Å²) in [7, 11) is -3.70. The summed E-state index contributed by atoms with van der Waals surface area (Å²) in [5, 5.41) is 7.41. The Labute approximate surface area is 182 Å². The van der Waals surface area contributed by atoms with Gasteiger partial charge in [0.15, 0.2) is 5.69 Å². The van der Waals surface area contributed by atoms with Gasteiger partial charge in [-0.3, -0.25) is 4.79 Å². The maximum atomic E-state index is 13.1. The second-order valence-electron chi connectivity index (χ2n) is 8.71. The Kier molecular flexibility index (Phi) is 5.45. The molecule has 1 aromatic heterocycles. The molecule has 0 fully saturated rings. The monoisotopic (exact) mass is 438 g/mol. The highest BCUT2D eigenvalue weighted by atomic mass is 32.2. The van der Waals surface area contributed by atoms with Gasteiger partial charge in [-0.05, 0) is 70.4 Å². The number of sulfonamides is 1. The molecule has 1 aliphatic carbocycles. The number of carbonyl (C=O) groups is 1. The Morgan fingerprint density at radius 3 is 2.48 bits per heavy atom. The fraction of sp³-hybridized carbons (Fsp3) is 0.304. The van der Waals surface area contributed by atoms with Crippen molar-refractivity contribution in [1.29, 1.82) is 0 Å². The van der Waals surface area contributed by atoms with Crippen LogP contribution in [0, 0.1) is 0 Å². The van der Waals surface area contributed by atoms with Gasteiger partial charge in [0.2, 0.25) is 10.0 Å². The molecule has 31 heavy (non-hydrogen) atoms. The zero-order chi connectivity index (χ0) is 22.2. The van der Waals surface area contributed by atoms with Gasteiger partial charge >= 0.3 is 0 Å². The summed E-state index contributed by atoms with van der Waals surface area (Å²) in [6.07, 6.45) is 2.65. The Bertz CT molecular complexity index is 1230. The lowest BCUT2D eigenvalue weighted by molar-refractivity contribution is 0.102. The van der Waals surface area contributed by atoms with Crippen molar-refractivity contribution in [3.63, 3.8) is 0 Å². The van der Waals surface area contributed by atoms with Gasteiger partial charge in [-0.2, -0.15) is 5.10 Å². The summed E-state index contributed by atoms with van der Waals surface area (Å²) in [5.74, 6) is -0.342. The molecular weight excluding hydrogens is 412 g/mol. The van der Waals surface area contributed by atoms with E-state index in [4.69, 9.17) is 0 Å². The number of para-hydroxylation sites is 1. The third-order valence-electron chi connectivity index (χ3n) is 4.99. The first-order chi connectivity index (χ1) is 14.6. The van der Waals surface area contributed by atoms with E-state index in [1.54, 1.807) is 32.9 Å². The predicted octanol–water partition coefficient (Wildman–Crippen LogP) is 3.69. The molecular formula is C23H26N4O3S. The van der Waals surface area contributed by atoms with E-state index in [1.807, 2.05) is 35.0 Å². The van der Waals surface area contributed by atoms with Crippen LogP contribution >= 0.6 is 0 Å². The number of hydrogen-bond donors (Lipinski definition) is 2. The van der Waals surface area contributed by atoms with Crippen LogP contribution in [0.1, 0.15) is 48.9 Å². The van der Waals surface area contributed by atoms with Gasteiger partial charge in [-0.1, -0.05) is 24.3 Å². The molecule has 0 saturated carbocycles. The molecule has 0 aliphatic heterocycles. The van der Waals surface area contributed by atoms with E-state index in [1.165, 1.54) is 12.1 Å². The van der Waals surface area contributed by atoms with Crippen LogP contribution in [0.25, 0.3) is 5.69 Å². The molecule has 4 rings (SSSR count). The Balaban J connectivity index is 1.62. The second kappa shape index (κ2) is 7.94. The first-order valence-electron chi connectivity index (χ1n) is 10.3. The molecule has 0 bridgehead atoms. The molecule has 162 valence electrons. The van der Waals surface area contributed by atoms with Crippen molar-refractivity contribution in [2.45, 2.75) is 50.5 Å². The van der Waals surface area contributed by atoms with E-state index in [2.05, 4.69) is 15.1 Å². The molecule has 1 amide bonds. The highest BCUT2D eigenvalue weighted by Gasteiger charge is 2.27. The minimum atomic E-state index is -3.70. The van der Waals surface area contributed by atoms with Crippen LogP contribution in [0.4, 0.5) is 5.69 Å². The average Bonchev–Trinajstić information content (AvgIpc) is 3.29. The minimum Gasteiger partial charge on any atom is -0.321 e. The summed E-state index contributed by atoms with van der Waals surface area (Å²) >= 11 is 0. The van der Waals surface area contributed by atoms with E-state index in [0.717, 1.165) is 36.2 Å². The summed E-state index contributed by atoms with van der Waals surface area (Å²) in [5.41, 5.74) is 3.12. The fourth-order valence-electron chi connectivity index (χ4n) is 3.80. The number of aromatic nitrogens is 2. The van der Waals surface area contributed by atoms with Crippen LogP contribution in [-0.2, 0) is 22.9 Å². The molecule has 1 aliphatic rings. The second-order valence-corrected chi connectivity index (χ2v) is 10.4. The van der Waals surface area contributed by atoms with E-state index in [0.29, 0.717) is 11.4 Å². The van der Waals surface area contributed by atoms with Crippen LogP contribution in [0.5, 0.6) is 0 Å². The molecule has 0 saturated heterocycles. The highest BCUT2D eigenvalue weighted by molar-refractivity contribution is 7.89. The van der Waals surface area contributed by atoms with Crippen LogP contribution in [0.2, 0.25) is 0 Å². The lowest BCUT2D eigenvalue weighted by Crippen LogP contribution is -2.40. The van der Waals surface area contributed by atoms with Crippen LogP contribution < -0.4 is 10.0 Å². The van der Waals surface area contributed by atoms with Gasteiger partial charge in [0.05, 0.1) is 10.6 Å². The third-order valence-corrected chi connectivity index (χ3v) is 6.74. The summed E-state index contributed by atoms with van der Waals surface area (Å²) in [6, 6.07) is 16.0. The number of nitrogens with zero attached hydrogens (tertiary/aromatic N) is 2. The number of nitrogens with one attached hydrogen (secondary N) is 2. The summed E-state index contributed by atoms with van der Waals surface area (Å²) in [4.78, 5) is 13.2. The SMILES string of the molecule is CC(C)(C)NS(=O)(=O)c1cccc(NC(=O)c2nn(-c3ccccc3)c3c2CCC3)c1. The first-order valence-corrected chi connectivity index (χ1v) is 11.7. The van der Waals surface area contributed by atoms with Crippen molar-refractivity contribution in [1.82, 2.24) is 14.5 Å². The molecule has 3 aromatic rings. The van der Waals surface area contributed by atoms with Crippen LogP contribution in [0.15, 0.2) is 59.5 Å². The van der Waals surface area contributed by atoms with Crippen molar-refractivity contribution in [3.05, 3.63) is 71.5 Å². The average molecular weight is 439 g/mol. The van der Waals surface area contributed by atoms with E-state index in [9.17, 15) is 13.2 Å². The molecule has 0 unspecified atom stereocenters. The normalized spacial score (nSPS) is 13.8. The molecule has 0 radical (unpaired) electrons. The van der Waals surface area contributed by atoms with Gasteiger partial charge < -0.3 is 5.32 Å². The number of rotatable bonds is 5. The van der Waals surface area contributed by atoms with Crippen LogP contribution in [-0.4, -0.2) is 29.6 Å². The van der Waals surface area contributed by atoms with E-state index < -0.39 is 15.6 Å². The zero-order valence-electron chi connectivity index (χ0n) is 17.8. The summed E-state index contributed by atoms with van der Waals surface area (Å²) in [6.45, 7) is 5.33. The smallest absolute Gasteiger partial charge is 0.276 e. The minimum absolute atomic E-state index is 0.0975. The van der Waals surface area contributed by atoms with Gasteiger partial charge in [0, 0.05) is 22.5 Å². The highest BCUT2D eigenvalue weighted by Crippen LogP contribution is 2.28. The molecule has 2 aromatic carbocycles. The third kappa shape index (κ3) is 4.55. The number of hydrogen-bond acceptors (Lipinski definition) is 4. The van der Waals surface area contributed by atoms with Crippen LogP contribution in [0.3, 0.4) is 0 Å². The fourth-order valence-corrected chi connectivity index (χ4v) is 5.26. The standard InChI is InChI=1S/C23H26N4O3S/c1-23(2,3)26-31(29,30)18-12-7-9-16(15-18)24-22(28)21-19-13-8-14-20(19)27(25-21)17-10-5-4-6-11-17/h4-7,9-12,15,26H,8,13-14H2,1-3H3,(H,24,28).